The van der Waals surface area contributed by atoms with E-state index in [1.807, 2.05) is 22.6 Å². The molecule has 0 aliphatic rings. The van der Waals surface area contributed by atoms with Crippen molar-refractivity contribution in [1.82, 2.24) is 0 Å². The molecule has 0 heterocycles. The highest BCUT2D eigenvalue weighted by molar-refractivity contribution is 14.1. The molecule has 2 nitrogen and oxygen atoms in total. The normalized spacial score (nSPS) is 11.3. The molecule has 0 unspecified atom stereocenters. The minimum absolute atomic E-state index is 0.259. The van der Waals surface area contributed by atoms with Crippen molar-refractivity contribution in [2.45, 2.75) is 6.18 Å². The average Bonchev–Trinajstić information content (AvgIpc) is 2.40. The van der Waals surface area contributed by atoms with E-state index in [4.69, 9.17) is 0 Å². The summed E-state index contributed by atoms with van der Waals surface area (Å²) in [5, 5.41) is 2.16. The van der Waals surface area contributed by atoms with Gasteiger partial charge in [-0.1, -0.05) is 12.1 Å². The number of anilines is 1. The molecule has 0 bridgehead atoms. The lowest BCUT2D eigenvalue weighted by atomic mass is 10.1. The van der Waals surface area contributed by atoms with Crippen LogP contribution in [-0.4, -0.2) is 5.91 Å². The van der Waals surface area contributed by atoms with Crippen molar-refractivity contribution < 1.29 is 22.4 Å². The van der Waals surface area contributed by atoms with Crippen LogP contribution in [0.4, 0.5) is 23.2 Å². The molecule has 0 aliphatic carbocycles. The first-order chi connectivity index (χ1) is 9.79. The Bertz CT molecular complexity index is 685. The highest BCUT2D eigenvalue weighted by atomic mass is 127. The van der Waals surface area contributed by atoms with Crippen molar-refractivity contribution in [3.8, 4) is 0 Å². The second-order valence-electron chi connectivity index (χ2n) is 4.13. The van der Waals surface area contributed by atoms with E-state index in [1.165, 1.54) is 6.07 Å². The Kier molecular flexibility index (Phi) is 4.50. The molecule has 1 N–H and O–H groups in total. The van der Waals surface area contributed by atoms with Crippen LogP contribution in [-0.2, 0) is 6.18 Å². The summed E-state index contributed by atoms with van der Waals surface area (Å²) in [5.41, 5.74) is -1.27. The van der Waals surface area contributed by atoms with Crippen molar-refractivity contribution in [2.24, 2.45) is 0 Å². The van der Waals surface area contributed by atoms with Crippen LogP contribution in [0.1, 0.15) is 15.9 Å². The fourth-order valence-corrected chi connectivity index (χ4v) is 2.26. The number of hydrogen-bond acceptors (Lipinski definition) is 1. The first-order valence-corrected chi connectivity index (χ1v) is 6.79. The molecular weight excluding hydrogens is 401 g/mol. The number of halogens is 5. The Morgan fingerprint density at radius 1 is 1.10 bits per heavy atom. The predicted molar refractivity (Wildman–Crippen MR) is 78.5 cm³/mol. The fourth-order valence-electron chi connectivity index (χ4n) is 1.63. The molecule has 21 heavy (non-hydrogen) atoms. The molecule has 1 amide bonds. The van der Waals surface area contributed by atoms with Crippen LogP contribution in [0, 0.1) is 9.39 Å². The van der Waals surface area contributed by atoms with Crippen molar-refractivity contribution in [3.63, 3.8) is 0 Å². The predicted octanol–water partition coefficient (Wildman–Crippen LogP) is 4.70. The Balaban J connectivity index is 2.31. The van der Waals surface area contributed by atoms with Gasteiger partial charge >= 0.3 is 6.18 Å². The maximum atomic E-state index is 13.6. The number of alkyl halides is 3. The molecule has 0 radical (unpaired) electrons. The molecule has 0 aromatic heterocycles. The third-order valence-electron chi connectivity index (χ3n) is 2.66. The van der Waals surface area contributed by atoms with E-state index in [-0.39, 0.29) is 5.56 Å². The molecule has 0 aliphatic heterocycles. The molecule has 0 atom stereocenters. The van der Waals surface area contributed by atoms with E-state index in [9.17, 15) is 22.4 Å². The summed E-state index contributed by atoms with van der Waals surface area (Å²) in [6, 6.07) is 8.36. The van der Waals surface area contributed by atoms with Crippen molar-refractivity contribution in [2.75, 3.05) is 5.32 Å². The van der Waals surface area contributed by atoms with Gasteiger partial charge in [-0.15, -0.1) is 0 Å². The number of hydrogen-bond donors (Lipinski definition) is 1. The first kappa shape index (κ1) is 15.7. The van der Waals surface area contributed by atoms with Gasteiger partial charge in [-0.25, -0.2) is 4.39 Å². The second kappa shape index (κ2) is 6.00. The average molecular weight is 409 g/mol. The Labute approximate surface area is 131 Å². The van der Waals surface area contributed by atoms with Crippen LogP contribution in [0.5, 0.6) is 0 Å². The Morgan fingerprint density at radius 3 is 2.38 bits per heavy atom. The summed E-state index contributed by atoms with van der Waals surface area (Å²) < 4.78 is 51.9. The standard InChI is InChI=1S/C14H8F4INO/c15-10-6-5-8(14(16,17)18)7-12(10)20-13(21)9-3-1-2-4-11(9)19/h1-7H,(H,20,21). The number of amides is 1. The maximum absolute atomic E-state index is 13.6. The Morgan fingerprint density at radius 2 is 1.76 bits per heavy atom. The van der Waals surface area contributed by atoms with E-state index in [0.29, 0.717) is 21.8 Å². The number of nitrogens with one attached hydrogen (secondary N) is 1. The van der Waals surface area contributed by atoms with Gasteiger partial charge in [-0.3, -0.25) is 4.79 Å². The number of carbonyl (C=O) groups is 1. The molecular formula is C14H8F4INO. The molecule has 2 aromatic carbocycles. The molecule has 0 fully saturated rings. The van der Waals surface area contributed by atoms with Crippen LogP contribution in [0.25, 0.3) is 0 Å². The van der Waals surface area contributed by atoms with Crippen molar-refractivity contribution in [1.29, 1.82) is 0 Å². The minimum Gasteiger partial charge on any atom is -0.319 e. The topological polar surface area (TPSA) is 29.1 Å². The van der Waals surface area contributed by atoms with Gasteiger partial charge in [0.15, 0.2) is 0 Å². The van der Waals surface area contributed by atoms with Crippen LogP contribution in [0.3, 0.4) is 0 Å². The summed E-state index contributed by atoms with van der Waals surface area (Å²) >= 11 is 1.91. The summed E-state index contributed by atoms with van der Waals surface area (Å²) in [5.74, 6) is -1.60. The zero-order valence-electron chi connectivity index (χ0n) is 10.3. The quantitative estimate of drug-likeness (QED) is 0.566. The van der Waals surface area contributed by atoms with Gasteiger partial charge in [0.2, 0.25) is 0 Å². The first-order valence-electron chi connectivity index (χ1n) is 5.71. The minimum atomic E-state index is -4.60. The Hall–Kier alpha value is -1.64. The monoisotopic (exact) mass is 409 g/mol. The zero-order chi connectivity index (χ0) is 15.6. The third kappa shape index (κ3) is 3.72. The fraction of sp³-hybridized carbons (Fsp3) is 0.0714. The SMILES string of the molecule is O=C(Nc1cc(C(F)(F)F)ccc1F)c1ccccc1I. The van der Waals surface area contributed by atoms with E-state index >= 15 is 0 Å². The summed E-state index contributed by atoms with van der Waals surface area (Å²) in [6.07, 6.45) is -4.60. The number of carbonyl (C=O) groups excluding carboxylic acids is 1. The van der Waals surface area contributed by atoms with E-state index in [1.54, 1.807) is 18.2 Å². The van der Waals surface area contributed by atoms with Crippen LogP contribution in [0.2, 0.25) is 0 Å². The molecule has 0 saturated heterocycles. The lowest BCUT2D eigenvalue weighted by molar-refractivity contribution is -0.137. The molecule has 2 rings (SSSR count). The molecule has 0 saturated carbocycles. The third-order valence-corrected chi connectivity index (χ3v) is 3.60. The molecule has 0 spiro atoms. The molecule has 2 aromatic rings. The van der Waals surface area contributed by atoms with Crippen molar-refractivity contribution >= 4 is 34.2 Å². The lowest BCUT2D eigenvalue weighted by Gasteiger charge is -2.11. The van der Waals surface area contributed by atoms with Gasteiger partial charge in [0.1, 0.15) is 5.82 Å². The smallest absolute Gasteiger partial charge is 0.319 e. The molecule has 110 valence electrons. The van der Waals surface area contributed by atoms with Crippen molar-refractivity contribution in [3.05, 3.63) is 63.0 Å². The summed E-state index contributed by atoms with van der Waals surface area (Å²) in [6.45, 7) is 0. The van der Waals surface area contributed by atoms with Gasteiger partial charge in [-0.2, -0.15) is 13.2 Å². The maximum Gasteiger partial charge on any atom is 0.416 e. The largest absolute Gasteiger partial charge is 0.416 e. The second-order valence-corrected chi connectivity index (χ2v) is 5.29. The summed E-state index contributed by atoms with van der Waals surface area (Å²) in [4.78, 5) is 12.0. The van der Waals surface area contributed by atoms with E-state index < -0.39 is 29.2 Å². The van der Waals surface area contributed by atoms with E-state index in [2.05, 4.69) is 5.32 Å². The van der Waals surface area contributed by atoms with E-state index in [0.717, 1.165) is 0 Å². The van der Waals surface area contributed by atoms with Crippen LogP contribution in [0.15, 0.2) is 42.5 Å². The van der Waals surface area contributed by atoms with Gasteiger partial charge in [0.05, 0.1) is 16.8 Å². The zero-order valence-corrected chi connectivity index (χ0v) is 12.5. The van der Waals surface area contributed by atoms with Gasteiger partial charge in [-0.05, 0) is 52.9 Å². The van der Waals surface area contributed by atoms with Crippen LogP contribution >= 0.6 is 22.6 Å². The number of benzene rings is 2. The summed E-state index contributed by atoms with van der Waals surface area (Å²) in [7, 11) is 0. The van der Waals surface area contributed by atoms with Gasteiger partial charge < -0.3 is 5.32 Å². The lowest BCUT2D eigenvalue weighted by Crippen LogP contribution is -2.15. The number of rotatable bonds is 2. The highest BCUT2D eigenvalue weighted by Gasteiger charge is 2.31. The van der Waals surface area contributed by atoms with Gasteiger partial charge in [0, 0.05) is 3.57 Å². The highest BCUT2D eigenvalue weighted by Crippen LogP contribution is 2.32. The van der Waals surface area contributed by atoms with Crippen LogP contribution < -0.4 is 5.32 Å². The van der Waals surface area contributed by atoms with Gasteiger partial charge in [0.25, 0.3) is 5.91 Å². The molecule has 7 heteroatoms.